The van der Waals surface area contributed by atoms with Crippen LogP contribution in [0.15, 0.2) is 46.9 Å². The molecule has 132 valence electrons. The molecule has 25 heavy (non-hydrogen) atoms. The lowest BCUT2D eigenvalue weighted by Crippen LogP contribution is -2.03. The summed E-state index contributed by atoms with van der Waals surface area (Å²) in [6.07, 6.45) is 6.84. The van der Waals surface area contributed by atoms with Crippen LogP contribution >= 0.6 is 27.5 Å². The molecule has 0 N–H and O–H groups in total. The Balaban J connectivity index is 0.000000880. The highest BCUT2D eigenvalue weighted by molar-refractivity contribution is 9.10. The predicted molar refractivity (Wildman–Crippen MR) is 109 cm³/mol. The van der Waals surface area contributed by atoms with Crippen LogP contribution in [-0.4, -0.2) is 5.78 Å². The summed E-state index contributed by atoms with van der Waals surface area (Å²) in [5, 5.41) is 0.494. The van der Waals surface area contributed by atoms with Crippen molar-refractivity contribution in [3.8, 4) is 0 Å². The Labute approximate surface area is 163 Å². The summed E-state index contributed by atoms with van der Waals surface area (Å²) in [6, 6.07) is 13.5. The maximum atomic E-state index is 12.7. The normalized spacial score (nSPS) is 20.1. The van der Waals surface area contributed by atoms with Crippen LogP contribution in [-0.2, 0) is 0 Å². The first-order chi connectivity index (χ1) is 12.1. The van der Waals surface area contributed by atoms with Crippen LogP contribution < -0.4 is 0 Å². The van der Waals surface area contributed by atoms with Crippen molar-refractivity contribution in [3.63, 3.8) is 0 Å². The Morgan fingerprint density at radius 3 is 2.36 bits per heavy atom. The maximum Gasteiger partial charge on any atom is 0.194 e. The lowest BCUT2D eigenvalue weighted by atomic mass is 9.93. The van der Waals surface area contributed by atoms with Gasteiger partial charge in [0.1, 0.15) is 0 Å². The molecule has 0 bridgehead atoms. The summed E-state index contributed by atoms with van der Waals surface area (Å²) in [4.78, 5) is 12.7. The van der Waals surface area contributed by atoms with Gasteiger partial charge in [0, 0.05) is 15.6 Å². The smallest absolute Gasteiger partial charge is 0.194 e. The number of halogens is 2. The van der Waals surface area contributed by atoms with Crippen molar-refractivity contribution < 1.29 is 4.79 Å². The number of carbonyl (C=O) groups excluding carboxylic acids is 1. The van der Waals surface area contributed by atoms with Crippen molar-refractivity contribution in [1.82, 2.24) is 0 Å². The van der Waals surface area contributed by atoms with Gasteiger partial charge in [-0.25, -0.2) is 0 Å². The van der Waals surface area contributed by atoms with Gasteiger partial charge in [0.25, 0.3) is 0 Å². The van der Waals surface area contributed by atoms with E-state index >= 15 is 0 Å². The van der Waals surface area contributed by atoms with Gasteiger partial charge >= 0.3 is 0 Å². The Hall–Kier alpha value is -1.12. The van der Waals surface area contributed by atoms with E-state index in [9.17, 15) is 4.79 Å². The van der Waals surface area contributed by atoms with E-state index in [0.717, 1.165) is 4.47 Å². The fraction of sp³-hybridized carbons (Fsp3) is 0.409. The molecule has 0 amide bonds. The minimum absolute atomic E-state index is 0.0204. The van der Waals surface area contributed by atoms with Crippen LogP contribution in [0.4, 0.5) is 0 Å². The fourth-order valence-electron chi connectivity index (χ4n) is 3.86. The SMILES string of the molecule is CC.O=C(c1ccc(C2CCC3(CC3)C2)cc1)c1cc(Br)ccc1Cl. The topological polar surface area (TPSA) is 17.1 Å². The largest absolute Gasteiger partial charge is 0.289 e. The third-order valence-corrected chi connectivity index (χ3v) is 6.30. The number of ketones is 1. The van der Waals surface area contributed by atoms with Crippen LogP contribution in [0.2, 0.25) is 5.02 Å². The van der Waals surface area contributed by atoms with Gasteiger partial charge in [-0.05, 0) is 67.2 Å². The molecule has 0 aliphatic heterocycles. The van der Waals surface area contributed by atoms with Crippen molar-refractivity contribution in [2.45, 2.75) is 51.9 Å². The Morgan fingerprint density at radius 2 is 1.76 bits per heavy atom. The molecule has 0 heterocycles. The van der Waals surface area contributed by atoms with Crippen molar-refractivity contribution >= 4 is 33.3 Å². The quantitative estimate of drug-likeness (QED) is 0.473. The van der Waals surface area contributed by atoms with E-state index in [1.54, 1.807) is 12.1 Å². The van der Waals surface area contributed by atoms with E-state index < -0.39 is 0 Å². The van der Waals surface area contributed by atoms with Crippen molar-refractivity contribution in [2.75, 3.05) is 0 Å². The lowest BCUT2D eigenvalue weighted by Gasteiger charge is -2.11. The third kappa shape index (κ3) is 4.01. The molecular weight excluding hydrogens is 396 g/mol. The van der Waals surface area contributed by atoms with E-state index in [4.69, 9.17) is 11.6 Å². The molecule has 1 nitrogen and oxygen atoms in total. The lowest BCUT2D eigenvalue weighted by molar-refractivity contribution is 0.103. The van der Waals surface area contributed by atoms with Gasteiger partial charge in [-0.1, -0.05) is 65.6 Å². The molecule has 0 saturated heterocycles. The minimum atomic E-state index is -0.0204. The molecule has 4 rings (SSSR count). The molecule has 2 aliphatic carbocycles. The van der Waals surface area contributed by atoms with Crippen molar-refractivity contribution in [2.24, 2.45) is 5.41 Å². The summed E-state index contributed by atoms with van der Waals surface area (Å²) >= 11 is 9.57. The maximum absolute atomic E-state index is 12.7. The first-order valence-corrected chi connectivity index (χ1v) is 10.3. The van der Waals surface area contributed by atoms with Crippen LogP contribution in [0.3, 0.4) is 0 Å². The summed E-state index contributed by atoms with van der Waals surface area (Å²) in [6.45, 7) is 4.00. The zero-order valence-corrected chi connectivity index (χ0v) is 17.2. The fourth-order valence-corrected chi connectivity index (χ4v) is 4.42. The highest BCUT2D eigenvalue weighted by Crippen LogP contribution is 2.61. The molecule has 2 fully saturated rings. The number of hydrogen-bond acceptors (Lipinski definition) is 1. The predicted octanol–water partition coefficient (Wildman–Crippen LogP) is 7.41. The molecule has 2 aromatic rings. The van der Waals surface area contributed by atoms with Gasteiger partial charge in [0.05, 0.1) is 5.02 Å². The monoisotopic (exact) mass is 418 g/mol. The number of carbonyl (C=O) groups is 1. The summed E-state index contributed by atoms with van der Waals surface area (Å²) < 4.78 is 0.863. The number of benzene rings is 2. The molecule has 0 radical (unpaired) electrons. The second-order valence-corrected chi connectivity index (χ2v) is 8.34. The van der Waals surface area contributed by atoms with Gasteiger partial charge < -0.3 is 0 Å². The molecule has 3 heteroatoms. The molecular formula is C22H24BrClO. The van der Waals surface area contributed by atoms with E-state index in [2.05, 4.69) is 28.1 Å². The van der Waals surface area contributed by atoms with Gasteiger partial charge in [0.15, 0.2) is 5.78 Å². The van der Waals surface area contributed by atoms with Crippen LogP contribution in [0, 0.1) is 5.41 Å². The van der Waals surface area contributed by atoms with E-state index in [1.165, 1.54) is 37.7 Å². The van der Waals surface area contributed by atoms with Gasteiger partial charge in [-0.2, -0.15) is 0 Å². The zero-order chi connectivity index (χ0) is 18.0. The van der Waals surface area contributed by atoms with Gasteiger partial charge in [-0.15, -0.1) is 0 Å². The number of hydrogen-bond donors (Lipinski definition) is 0. The van der Waals surface area contributed by atoms with E-state index in [-0.39, 0.29) is 5.78 Å². The Kier molecular flexibility index (Phi) is 5.70. The highest BCUT2D eigenvalue weighted by Gasteiger charge is 2.48. The minimum Gasteiger partial charge on any atom is -0.289 e. The Morgan fingerprint density at radius 1 is 1.08 bits per heavy atom. The molecule has 1 unspecified atom stereocenters. The summed E-state index contributed by atoms with van der Waals surface area (Å²) in [5.74, 6) is 0.657. The molecule has 1 spiro atoms. The average molecular weight is 420 g/mol. The highest BCUT2D eigenvalue weighted by atomic mass is 79.9. The third-order valence-electron chi connectivity index (χ3n) is 5.48. The van der Waals surface area contributed by atoms with Gasteiger partial charge in [0.2, 0.25) is 0 Å². The second kappa shape index (κ2) is 7.63. The van der Waals surface area contributed by atoms with Gasteiger partial charge in [-0.3, -0.25) is 4.79 Å². The molecule has 0 aromatic heterocycles. The van der Waals surface area contributed by atoms with Crippen LogP contribution in [0.25, 0.3) is 0 Å². The standard InChI is InChI=1S/C20H18BrClO.C2H6/c21-16-5-6-18(22)17(11-16)19(23)14-3-1-13(2-4-14)15-7-8-20(12-15)9-10-20;1-2/h1-6,11,15H,7-10,12H2;1-2H3. The van der Waals surface area contributed by atoms with Crippen LogP contribution in [0.5, 0.6) is 0 Å². The number of rotatable bonds is 3. The first-order valence-electron chi connectivity index (χ1n) is 9.16. The van der Waals surface area contributed by atoms with E-state index in [0.29, 0.717) is 27.5 Å². The molecule has 2 aliphatic rings. The van der Waals surface area contributed by atoms with E-state index in [1.807, 2.05) is 32.0 Å². The first kappa shape index (κ1) is 18.7. The van der Waals surface area contributed by atoms with Crippen molar-refractivity contribution in [3.05, 3.63) is 68.7 Å². The zero-order valence-electron chi connectivity index (χ0n) is 14.8. The molecule has 2 saturated carbocycles. The second-order valence-electron chi connectivity index (χ2n) is 7.02. The Bertz CT molecular complexity index is 762. The molecule has 1 atom stereocenters. The van der Waals surface area contributed by atoms with Crippen LogP contribution in [0.1, 0.15) is 73.4 Å². The summed E-state index contributed by atoms with van der Waals surface area (Å²) in [5.41, 5.74) is 3.31. The van der Waals surface area contributed by atoms with Crippen molar-refractivity contribution in [1.29, 1.82) is 0 Å². The summed E-state index contributed by atoms with van der Waals surface area (Å²) in [7, 11) is 0. The molecule has 2 aromatic carbocycles. The average Bonchev–Trinajstić information content (AvgIpc) is 3.27.